The fourth-order valence-corrected chi connectivity index (χ4v) is 2.71. The highest BCUT2D eigenvalue weighted by molar-refractivity contribution is 5.81. The first-order valence-corrected chi connectivity index (χ1v) is 7.14. The van der Waals surface area contributed by atoms with Crippen molar-refractivity contribution in [3.63, 3.8) is 0 Å². The van der Waals surface area contributed by atoms with E-state index in [9.17, 15) is 0 Å². The molecular weight excluding hydrogens is 250 g/mol. The molecule has 1 aromatic heterocycles. The second-order valence-electron chi connectivity index (χ2n) is 5.33. The van der Waals surface area contributed by atoms with E-state index in [1.165, 1.54) is 11.9 Å². The summed E-state index contributed by atoms with van der Waals surface area (Å²) in [6.45, 7) is 4.76. The highest BCUT2D eigenvalue weighted by atomic mass is 16.5. The lowest BCUT2D eigenvalue weighted by Crippen LogP contribution is -2.26. The van der Waals surface area contributed by atoms with E-state index in [0.717, 1.165) is 43.8 Å². The first-order valence-electron chi connectivity index (χ1n) is 7.14. The molecule has 1 unspecified atom stereocenters. The third kappa shape index (κ3) is 2.84. The molecule has 0 saturated carbocycles. The van der Waals surface area contributed by atoms with E-state index in [0.29, 0.717) is 5.92 Å². The summed E-state index contributed by atoms with van der Waals surface area (Å²) in [5.74, 6) is 0.676. The molecule has 1 N–H and O–H groups in total. The van der Waals surface area contributed by atoms with Crippen molar-refractivity contribution in [1.82, 2.24) is 9.88 Å². The second-order valence-corrected chi connectivity index (χ2v) is 5.33. The van der Waals surface area contributed by atoms with E-state index in [2.05, 4.69) is 28.2 Å². The molecule has 3 rings (SSSR count). The number of ether oxygens (including phenoxy) is 1. The summed E-state index contributed by atoms with van der Waals surface area (Å²) in [6, 6.07) is 10.1. The molecule has 2 aromatic rings. The Morgan fingerprint density at radius 1 is 1.40 bits per heavy atom. The van der Waals surface area contributed by atoms with Gasteiger partial charge in [-0.1, -0.05) is 0 Å². The third-order valence-electron chi connectivity index (χ3n) is 3.89. The molecule has 0 spiro atoms. The zero-order valence-corrected chi connectivity index (χ0v) is 11.5. The van der Waals surface area contributed by atoms with Gasteiger partial charge in [-0.05, 0) is 36.6 Å². The van der Waals surface area contributed by atoms with Gasteiger partial charge in [-0.25, -0.2) is 0 Å². The summed E-state index contributed by atoms with van der Waals surface area (Å²) < 4.78 is 7.60. The molecular formula is C16H19N3O. The number of nitrogens with one attached hydrogen (secondary N) is 1. The third-order valence-corrected chi connectivity index (χ3v) is 3.89. The van der Waals surface area contributed by atoms with Crippen LogP contribution in [0, 0.1) is 17.2 Å². The number of hydrogen-bond donors (Lipinski definition) is 1. The Morgan fingerprint density at radius 2 is 2.35 bits per heavy atom. The van der Waals surface area contributed by atoms with Crippen molar-refractivity contribution in [3.05, 3.63) is 36.0 Å². The molecule has 1 saturated heterocycles. The molecule has 1 aliphatic heterocycles. The van der Waals surface area contributed by atoms with Crippen molar-refractivity contribution in [3.8, 4) is 6.07 Å². The Labute approximate surface area is 119 Å². The minimum atomic E-state index is 0.676. The lowest BCUT2D eigenvalue weighted by molar-refractivity contribution is 0.185. The van der Waals surface area contributed by atoms with Crippen molar-refractivity contribution in [2.75, 3.05) is 26.3 Å². The maximum absolute atomic E-state index is 8.90. The van der Waals surface area contributed by atoms with E-state index >= 15 is 0 Å². The molecule has 1 aliphatic rings. The number of fused-ring (bicyclic) bond motifs is 1. The normalized spacial score (nSPS) is 18.4. The minimum absolute atomic E-state index is 0.676. The average Bonchev–Trinajstić information content (AvgIpc) is 3.12. The van der Waals surface area contributed by atoms with Crippen LogP contribution in [-0.2, 0) is 11.3 Å². The molecule has 0 bridgehead atoms. The standard InChI is InChI=1S/C16H19N3O/c17-10-13-1-2-16-15(9-13)3-6-19(16)7-5-18-11-14-4-8-20-12-14/h1-3,6,9,14,18H,4-5,7-8,11-12H2. The van der Waals surface area contributed by atoms with Gasteiger partial charge in [0.2, 0.25) is 0 Å². The highest BCUT2D eigenvalue weighted by Gasteiger charge is 2.14. The first-order chi connectivity index (χ1) is 9.86. The molecule has 4 heteroatoms. The van der Waals surface area contributed by atoms with Gasteiger partial charge in [0, 0.05) is 43.3 Å². The quantitative estimate of drug-likeness (QED) is 0.846. The minimum Gasteiger partial charge on any atom is -0.381 e. The van der Waals surface area contributed by atoms with Gasteiger partial charge in [0.15, 0.2) is 0 Å². The molecule has 20 heavy (non-hydrogen) atoms. The monoisotopic (exact) mass is 269 g/mol. The molecule has 0 aliphatic carbocycles. The van der Waals surface area contributed by atoms with Gasteiger partial charge in [0.05, 0.1) is 18.2 Å². The van der Waals surface area contributed by atoms with E-state index in [1.54, 1.807) is 0 Å². The number of benzene rings is 1. The summed E-state index contributed by atoms with van der Waals surface area (Å²) in [5.41, 5.74) is 1.91. The molecule has 0 amide bonds. The van der Waals surface area contributed by atoms with Crippen LogP contribution in [0.4, 0.5) is 0 Å². The number of hydrogen-bond acceptors (Lipinski definition) is 3. The Bertz CT molecular complexity index is 620. The van der Waals surface area contributed by atoms with Gasteiger partial charge in [-0.2, -0.15) is 5.26 Å². The Kier molecular flexibility index (Phi) is 4.00. The number of nitrogens with zero attached hydrogens (tertiary/aromatic N) is 2. The van der Waals surface area contributed by atoms with Crippen molar-refractivity contribution >= 4 is 10.9 Å². The number of rotatable bonds is 5. The smallest absolute Gasteiger partial charge is 0.0991 e. The summed E-state index contributed by atoms with van der Waals surface area (Å²) in [7, 11) is 0. The number of nitriles is 1. The number of aromatic nitrogens is 1. The fourth-order valence-electron chi connectivity index (χ4n) is 2.71. The lowest BCUT2D eigenvalue weighted by Gasteiger charge is -2.10. The van der Waals surface area contributed by atoms with Gasteiger partial charge in [0.25, 0.3) is 0 Å². The first kappa shape index (κ1) is 13.2. The van der Waals surface area contributed by atoms with Crippen molar-refractivity contribution in [2.24, 2.45) is 5.92 Å². The topological polar surface area (TPSA) is 50.0 Å². The van der Waals surface area contributed by atoms with E-state index < -0.39 is 0 Å². The van der Waals surface area contributed by atoms with E-state index in [4.69, 9.17) is 10.00 Å². The van der Waals surface area contributed by atoms with Crippen LogP contribution >= 0.6 is 0 Å². The van der Waals surface area contributed by atoms with Crippen LogP contribution in [0.3, 0.4) is 0 Å². The summed E-state index contributed by atoms with van der Waals surface area (Å²) in [6.07, 6.45) is 3.27. The molecule has 1 atom stereocenters. The van der Waals surface area contributed by atoms with Crippen LogP contribution in [0.25, 0.3) is 10.9 Å². The zero-order chi connectivity index (χ0) is 13.8. The van der Waals surface area contributed by atoms with Gasteiger partial charge in [0.1, 0.15) is 0 Å². The Morgan fingerprint density at radius 3 is 3.15 bits per heavy atom. The Hall–Kier alpha value is -1.83. The van der Waals surface area contributed by atoms with Gasteiger partial charge < -0.3 is 14.6 Å². The van der Waals surface area contributed by atoms with Crippen LogP contribution in [0.15, 0.2) is 30.5 Å². The zero-order valence-electron chi connectivity index (χ0n) is 11.5. The SMILES string of the molecule is N#Cc1ccc2c(ccn2CCNCC2CCOC2)c1. The van der Waals surface area contributed by atoms with Crippen molar-refractivity contribution in [2.45, 2.75) is 13.0 Å². The molecule has 1 aromatic carbocycles. The van der Waals surface area contributed by atoms with Crippen LogP contribution in [0.5, 0.6) is 0 Å². The predicted molar refractivity (Wildman–Crippen MR) is 78.4 cm³/mol. The maximum atomic E-state index is 8.90. The van der Waals surface area contributed by atoms with E-state index in [1.807, 2.05) is 18.2 Å². The second kappa shape index (κ2) is 6.08. The summed E-state index contributed by atoms with van der Waals surface area (Å²) in [4.78, 5) is 0. The van der Waals surface area contributed by atoms with Gasteiger partial charge in [-0.3, -0.25) is 0 Å². The Balaban J connectivity index is 1.56. The largest absolute Gasteiger partial charge is 0.381 e. The molecule has 104 valence electrons. The predicted octanol–water partition coefficient (Wildman–Crippen LogP) is 2.14. The van der Waals surface area contributed by atoms with Gasteiger partial charge >= 0.3 is 0 Å². The average molecular weight is 269 g/mol. The maximum Gasteiger partial charge on any atom is 0.0991 e. The lowest BCUT2D eigenvalue weighted by atomic mass is 10.1. The van der Waals surface area contributed by atoms with Crippen molar-refractivity contribution in [1.29, 1.82) is 5.26 Å². The summed E-state index contributed by atoms with van der Waals surface area (Å²) in [5, 5.41) is 13.5. The van der Waals surface area contributed by atoms with Crippen LogP contribution in [0.1, 0.15) is 12.0 Å². The summed E-state index contributed by atoms with van der Waals surface area (Å²) >= 11 is 0. The van der Waals surface area contributed by atoms with Crippen molar-refractivity contribution < 1.29 is 4.74 Å². The fraction of sp³-hybridized carbons (Fsp3) is 0.438. The van der Waals surface area contributed by atoms with Crippen LogP contribution in [-0.4, -0.2) is 30.9 Å². The molecule has 0 radical (unpaired) electrons. The molecule has 4 nitrogen and oxygen atoms in total. The van der Waals surface area contributed by atoms with Gasteiger partial charge in [-0.15, -0.1) is 0 Å². The van der Waals surface area contributed by atoms with Crippen LogP contribution < -0.4 is 5.32 Å². The van der Waals surface area contributed by atoms with Crippen LogP contribution in [0.2, 0.25) is 0 Å². The van der Waals surface area contributed by atoms with E-state index in [-0.39, 0.29) is 0 Å². The highest BCUT2D eigenvalue weighted by Crippen LogP contribution is 2.17. The molecule has 1 fully saturated rings. The molecule has 2 heterocycles.